The molecule has 0 radical (unpaired) electrons. The first-order valence-electron chi connectivity index (χ1n) is 11.7. The van der Waals surface area contributed by atoms with Crippen LogP contribution >= 0.6 is 34.0 Å². The molecule has 0 aliphatic heterocycles. The molecule has 0 aliphatic rings. The number of hydrogen-bond acceptors (Lipinski definition) is 9. The summed E-state index contributed by atoms with van der Waals surface area (Å²) in [5.74, 6) is 0. The van der Waals surface area contributed by atoms with Crippen LogP contribution in [0.25, 0.3) is 19.5 Å². The first-order chi connectivity index (χ1) is 17.1. The fourth-order valence-electron chi connectivity index (χ4n) is 3.39. The summed E-state index contributed by atoms with van der Waals surface area (Å²) < 4.78 is 33.4. The van der Waals surface area contributed by atoms with Crippen LogP contribution in [0, 0.1) is 13.8 Å². The number of rotatable bonds is 18. The number of ether oxygens (including phenoxy) is 6. The van der Waals surface area contributed by atoms with Crippen molar-refractivity contribution in [1.82, 2.24) is 0 Å². The molecule has 0 atom stereocenters. The van der Waals surface area contributed by atoms with E-state index in [9.17, 15) is 0 Å². The first kappa shape index (κ1) is 28.4. The van der Waals surface area contributed by atoms with Gasteiger partial charge in [0.15, 0.2) is 0 Å². The van der Waals surface area contributed by atoms with Crippen LogP contribution in [0.5, 0.6) is 0 Å². The van der Waals surface area contributed by atoms with E-state index in [4.69, 9.17) is 28.4 Å². The molecule has 0 bridgehead atoms. The van der Waals surface area contributed by atoms with Crippen molar-refractivity contribution in [2.24, 2.45) is 0 Å². The zero-order valence-electron chi connectivity index (χ0n) is 21.1. The van der Waals surface area contributed by atoms with Crippen LogP contribution in [0.1, 0.15) is 20.9 Å². The van der Waals surface area contributed by atoms with Crippen LogP contribution in [0.15, 0.2) is 24.3 Å². The molecule has 0 saturated carbocycles. The van der Waals surface area contributed by atoms with E-state index in [1.807, 2.05) is 34.0 Å². The van der Waals surface area contributed by atoms with Gasteiger partial charge in [0.25, 0.3) is 0 Å². The Balaban J connectivity index is 1.78. The van der Waals surface area contributed by atoms with Gasteiger partial charge in [0.2, 0.25) is 0 Å². The summed E-state index contributed by atoms with van der Waals surface area (Å²) in [5, 5.41) is 0. The fourth-order valence-corrected chi connectivity index (χ4v) is 6.71. The van der Waals surface area contributed by atoms with Crippen molar-refractivity contribution in [3.05, 3.63) is 45.1 Å². The largest absolute Gasteiger partial charge is 0.382 e. The van der Waals surface area contributed by atoms with Gasteiger partial charge in [-0.1, -0.05) is 0 Å². The Bertz CT molecular complexity index is 917. The highest BCUT2D eigenvalue weighted by Crippen LogP contribution is 2.46. The summed E-state index contributed by atoms with van der Waals surface area (Å²) >= 11 is 5.47. The minimum atomic E-state index is 0.518. The molecule has 35 heavy (non-hydrogen) atoms. The Labute approximate surface area is 220 Å². The van der Waals surface area contributed by atoms with Gasteiger partial charge in [0.1, 0.15) is 0 Å². The van der Waals surface area contributed by atoms with Crippen LogP contribution in [0.4, 0.5) is 0 Å². The lowest BCUT2D eigenvalue weighted by molar-refractivity contribution is 0.0159. The molecule has 0 aromatic carbocycles. The summed E-state index contributed by atoms with van der Waals surface area (Å²) in [5.41, 5.74) is 2.41. The van der Waals surface area contributed by atoms with Gasteiger partial charge in [-0.2, -0.15) is 0 Å². The fraction of sp³-hybridized carbons (Fsp3) is 0.538. The predicted molar refractivity (Wildman–Crippen MR) is 145 cm³/mol. The van der Waals surface area contributed by atoms with Gasteiger partial charge in [-0.25, -0.2) is 0 Å². The Morgan fingerprint density at radius 2 is 0.914 bits per heavy atom. The molecule has 3 aromatic heterocycles. The number of methoxy groups -OCH3 is 2. The zero-order valence-corrected chi connectivity index (χ0v) is 23.5. The molecule has 0 N–H and O–H groups in total. The van der Waals surface area contributed by atoms with Crippen molar-refractivity contribution in [3.63, 3.8) is 0 Å². The molecule has 6 nitrogen and oxygen atoms in total. The Morgan fingerprint density at radius 1 is 0.514 bits per heavy atom. The van der Waals surface area contributed by atoms with Gasteiger partial charge in [0, 0.05) is 44.9 Å². The van der Waals surface area contributed by atoms with Gasteiger partial charge >= 0.3 is 0 Å². The Kier molecular flexibility index (Phi) is 12.9. The van der Waals surface area contributed by atoms with E-state index in [2.05, 4.69) is 38.1 Å². The highest BCUT2D eigenvalue weighted by molar-refractivity contribution is 7.26. The molecule has 0 aliphatic carbocycles. The standard InChI is InChI=1S/C26H36O6S3/c1-19-5-7-23(33-19)25-21(17-31-15-13-29-11-9-27-3)22(18-32-16-14-30-12-10-28-4)26(35-25)24-8-6-20(2)34-24/h5-8H,9-18H2,1-4H3. The van der Waals surface area contributed by atoms with Gasteiger partial charge in [-0.15, -0.1) is 34.0 Å². The third kappa shape index (κ3) is 9.03. The molecule has 9 heteroatoms. The highest BCUT2D eigenvalue weighted by atomic mass is 32.1. The first-order valence-corrected chi connectivity index (χ1v) is 14.2. The summed E-state index contributed by atoms with van der Waals surface area (Å²) in [4.78, 5) is 7.66. The second kappa shape index (κ2) is 15.9. The number of thiophene rings is 3. The van der Waals surface area contributed by atoms with Crippen molar-refractivity contribution < 1.29 is 28.4 Å². The third-order valence-electron chi connectivity index (χ3n) is 5.15. The average Bonchev–Trinajstić information content (AvgIpc) is 3.56. The maximum Gasteiger partial charge on any atom is 0.0736 e. The van der Waals surface area contributed by atoms with E-state index in [0.717, 1.165) is 0 Å². The zero-order chi connectivity index (χ0) is 24.9. The van der Waals surface area contributed by atoms with E-state index in [1.165, 1.54) is 40.4 Å². The quantitative estimate of drug-likeness (QED) is 0.180. The molecule has 194 valence electrons. The van der Waals surface area contributed by atoms with Crippen LogP contribution in [0.3, 0.4) is 0 Å². The predicted octanol–water partition coefficient (Wildman–Crippen LogP) is 6.18. The lowest BCUT2D eigenvalue weighted by Gasteiger charge is -2.11. The van der Waals surface area contributed by atoms with E-state index in [0.29, 0.717) is 66.1 Å². The molecule has 3 aromatic rings. The third-order valence-corrected chi connectivity index (χ3v) is 8.78. The molecule has 0 amide bonds. The summed E-state index contributed by atoms with van der Waals surface area (Å²) in [6, 6.07) is 8.77. The molecule has 0 fully saturated rings. The normalized spacial score (nSPS) is 11.5. The van der Waals surface area contributed by atoms with Gasteiger partial charge in [-0.3, -0.25) is 0 Å². The van der Waals surface area contributed by atoms with Crippen molar-refractivity contribution in [3.8, 4) is 19.5 Å². The Hall–Kier alpha value is -1.14. The smallest absolute Gasteiger partial charge is 0.0736 e. The van der Waals surface area contributed by atoms with Gasteiger partial charge in [0.05, 0.1) is 75.8 Å². The Morgan fingerprint density at radius 3 is 1.29 bits per heavy atom. The second-order valence-electron chi connectivity index (χ2n) is 7.85. The van der Waals surface area contributed by atoms with Crippen LogP contribution in [-0.4, -0.2) is 67.1 Å². The molecular formula is C26H36O6S3. The number of aryl methyl sites for hydroxylation is 2. The molecule has 0 spiro atoms. The molecular weight excluding hydrogens is 504 g/mol. The maximum absolute atomic E-state index is 6.09. The minimum absolute atomic E-state index is 0.518. The SMILES string of the molecule is COCCOCCOCc1c(-c2ccc(C)s2)sc(-c2ccc(C)s2)c1COCCOCCOC. The molecule has 0 saturated heterocycles. The molecule has 3 rings (SSSR count). The maximum atomic E-state index is 6.09. The lowest BCUT2D eigenvalue weighted by Crippen LogP contribution is -2.10. The monoisotopic (exact) mass is 540 g/mol. The van der Waals surface area contributed by atoms with Gasteiger partial charge in [-0.05, 0) is 38.1 Å². The van der Waals surface area contributed by atoms with Gasteiger partial charge < -0.3 is 28.4 Å². The van der Waals surface area contributed by atoms with E-state index in [1.54, 1.807) is 14.2 Å². The summed E-state index contributed by atoms with van der Waals surface area (Å²) in [7, 11) is 3.35. The molecule has 3 heterocycles. The van der Waals surface area contributed by atoms with Crippen molar-refractivity contribution in [2.45, 2.75) is 27.1 Å². The van der Waals surface area contributed by atoms with Crippen LogP contribution in [0.2, 0.25) is 0 Å². The van der Waals surface area contributed by atoms with Crippen molar-refractivity contribution in [1.29, 1.82) is 0 Å². The van der Waals surface area contributed by atoms with Crippen LogP contribution in [-0.2, 0) is 41.6 Å². The highest BCUT2D eigenvalue weighted by Gasteiger charge is 2.22. The van der Waals surface area contributed by atoms with E-state index < -0.39 is 0 Å². The van der Waals surface area contributed by atoms with E-state index >= 15 is 0 Å². The minimum Gasteiger partial charge on any atom is -0.382 e. The molecule has 0 unspecified atom stereocenters. The summed E-state index contributed by atoms with van der Waals surface area (Å²) in [6.45, 7) is 9.81. The van der Waals surface area contributed by atoms with E-state index in [-0.39, 0.29) is 0 Å². The second-order valence-corrected chi connectivity index (χ2v) is 11.4. The van der Waals surface area contributed by atoms with Crippen LogP contribution < -0.4 is 0 Å². The van der Waals surface area contributed by atoms with Crippen molar-refractivity contribution in [2.75, 3.05) is 67.1 Å². The number of hydrogen-bond donors (Lipinski definition) is 0. The van der Waals surface area contributed by atoms with Crippen molar-refractivity contribution >= 4 is 34.0 Å². The summed E-state index contributed by atoms with van der Waals surface area (Å²) in [6.07, 6.45) is 0. The topological polar surface area (TPSA) is 55.4 Å². The lowest BCUT2D eigenvalue weighted by atomic mass is 10.1. The average molecular weight is 541 g/mol.